The van der Waals surface area contributed by atoms with Crippen LogP contribution in [0.15, 0.2) is 18.3 Å². The highest BCUT2D eigenvalue weighted by atomic mass is 16.4. The van der Waals surface area contributed by atoms with Gasteiger partial charge in [0.1, 0.15) is 5.82 Å². The molecule has 1 N–H and O–H groups in total. The molecule has 0 atom stereocenters. The predicted molar refractivity (Wildman–Crippen MR) is 67.8 cm³/mol. The Kier molecular flexibility index (Phi) is 4.65. The summed E-state index contributed by atoms with van der Waals surface area (Å²) in [6.45, 7) is 2.76. The maximum atomic E-state index is 11.6. The van der Waals surface area contributed by atoms with Gasteiger partial charge < -0.3 is 14.9 Å². The van der Waals surface area contributed by atoms with Crippen LogP contribution in [0.3, 0.4) is 0 Å². The zero-order valence-corrected chi connectivity index (χ0v) is 10.8. The predicted octanol–water partition coefficient (Wildman–Crippen LogP) is 0.694. The van der Waals surface area contributed by atoms with Gasteiger partial charge in [0, 0.05) is 26.8 Å². The van der Waals surface area contributed by atoms with E-state index in [4.69, 9.17) is 5.11 Å². The largest absolute Gasteiger partial charge is 0.478 e. The number of pyridine rings is 1. The Morgan fingerprint density at radius 3 is 2.39 bits per heavy atom. The maximum Gasteiger partial charge on any atom is 0.337 e. The first-order valence-electron chi connectivity index (χ1n) is 5.60. The summed E-state index contributed by atoms with van der Waals surface area (Å²) < 4.78 is 0. The standard InChI is InChI=1S/C12H17N3O3/c1-4-15(8-11(16)14(2)3)10-6-5-9(7-13-10)12(17)18/h5-7H,4,8H2,1-3H3,(H,17,18). The molecule has 1 amide bonds. The van der Waals surface area contributed by atoms with Crippen molar-refractivity contribution in [1.82, 2.24) is 9.88 Å². The third-order valence-corrected chi connectivity index (χ3v) is 2.53. The van der Waals surface area contributed by atoms with Crippen LogP contribution in [0.2, 0.25) is 0 Å². The molecule has 6 nitrogen and oxygen atoms in total. The number of nitrogens with zero attached hydrogens (tertiary/aromatic N) is 3. The van der Waals surface area contributed by atoms with Gasteiger partial charge in [0.15, 0.2) is 0 Å². The number of rotatable bonds is 5. The monoisotopic (exact) mass is 251 g/mol. The van der Waals surface area contributed by atoms with Crippen LogP contribution >= 0.6 is 0 Å². The highest BCUT2D eigenvalue weighted by Gasteiger charge is 2.13. The van der Waals surface area contributed by atoms with Crippen LogP contribution in [0.1, 0.15) is 17.3 Å². The molecule has 1 aromatic heterocycles. The molecule has 0 aromatic carbocycles. The van der Waals surface area contributed by atoms with Crippen LogP contribution in [0, 0.1) is 0 Å². The van der Waals surface area contributed by atoms with Gasteiger partial charge in [-0.25, -0.2) is 9.78 Å². The summed E-state index contributed by atoms with van der Waals surface area (Å²) in [7, 11) is 3.38. The molecule has 0 fully saturated rings. The molecule has 0 bridgehead atoms. The molecule has 0 spiro atoms. The Labute approximate surface area is 106 Å². The third kappa shape index (κ3) is 3.44. The van der Waals surface area contributed by atoms with E-state index in [1.165, 1.54) is 17.2 Å². The van der Waals surface area contributed by atoms with Crippen molar-refractivity contribution in [1.29, 1.82) is 0 Å². The highest BCUT2D eigenvalue weighted by molar-refractivity contribution is 5.87. The molecule has 0 unspecified atom stereocenters. The van der Waals surface area contributed by atoms with Crippen LogP contribution in [-0.4, -0.2) is 54.1 Å². The molecule has 1 rings (SSSR count). The molecule has 0 aliphatic heterocycles. The average molecular weight is 251 g/mol. The lowest BCUT2D eigenvalue weighted by atomic mass is 10.3. The molecule has 0 aliphatic carbocycles. The number of aromatic nitrogens is 1. The van der Waals surface area contributed by atoms with Crippen LogP contribution in [0.25, 0.3) is 0 Å². The van der Waals surface area contributed by atoms with Gasteiger partial charge in [-0.2, -0.15) is 0 Å². The molecule has 6 heteroatoms. The fraction of sp³-hybridized carbons (Fsp3) is 0.417. The smallest absolute Gasteiger partial charge is 0.337 e. The lowest BCUT2D eigenvalue weighted by molar-refractivity contribution is -0.127. The van der Waals surface area contributed by atoms with Crippen LogP contribution < -0.4 is 4.90 Å². The first kappa shape index (κ1) is 14.0. The van der Waals surface area contributed by atoms with Crippen molar-refractivity contribution in [3.63, 3.8) is 0 Å². The Morgan fingerprint density at radius 1 is 1.33 bits per heavy atom. The van der Waals surface area contributed by atoms with E-state index >= 15 is 0 Å². The molecule has 0 aliphatic rings. The molecule has 0 saturated carbocycles. The molecular weight excluding hydrogens is 234 g/mol. The van der Waals surface area contributed by atoms with Gasteiger partial charge in [-0.1, -0.05) is 0 Å². The van der Waals surface area contributed by atoms with Crippen molar-refractivity contribution in [2.45, 2.75) is 6.92 Å². The highest BCUT2D eigenvalue weighted by Crippen LogP contribution is 2.11. The van der Waals surface area contributed by atoms with Crippen molar-refractivity contribution in [2.75, 3.05) is 32.1 Å². The fourth-order valence-electron chi connectivity index (χ4n) is 1.36. The number of anilines is 1. The number of hydrogen-bond donors (Lipinski definition) is 1. The first-order chi connectivity index (χ1) is 8.45. The van der Waals surface area contributed by atoms with E-state index in [0.29, 0.717) is 12.4 Å². The van der Waals surface area contributed by atoms with Gasteiger partial charge in [0.25, 0.3) is 0 Å². The molecular formula is C12H17N3O3. The Bertz CT molecular complexity index is 429. The van der Waals surface area contributed by atoms with Crippen molar-refractivity contribution >= 4 is 17.7 Å². The van der Waals surface area contributed by atoms with Gasteiger partial charge in [0.2, 0.25) is 5.91 Å². The van der Waals surface area contributed by atoms with Gasteiger partial charge >= 0.3 is 5.97 Å². The van der Waals surface area contributed by atoms with Crippen molar-refractivity contribution < 1.29 is 14.7 Å². The number of amides is 1. The lowest BCUT2D eigenvalue weighted by Crippen LogP contribution is -2.37. The number of carbonyl (C=O) groups excluding carboxylic acids is 1. The Morgan fingerprint density at radius 2 is 2.00 bits per heavy atom. The van der Waals surface area contributed by atoms with Gasteiger partial charge in [-0.05, 0) is 19.1 Å². The zero-order chi connectivity index (χ0) is 13.7. The molecule has 0 saturated heterocycles. The number of aromatic carboxylic acids is 1. The summed E-state index contributed by atoms with van der Waals surface area (Å²) in [6, 6.07) is 3.09. The summed E-state index contributed by atoms with van der Waals surface area (Å²) in [6.07, 6.45) is 1.29. The van der Waals surface area contributed by atoms with Crippen LogP contribution in [0.5, 0.6) is 0 Å². The van der Waals surface area contributed by atoms with Gasteiger partial charge in [0.05, 0.1) is 12.1 Å². The van der Waals surface area contributed by atoms with E-state index < -0.39 is 5.97 Å². The first-order valence-corrected chi connectivity index (χ1v) is 5.60. The van der Waals surface area contributed by atoms with Crippen LogP contribution in [-0.2, 0) is 4.79 Å². The van der Waals surface area contributed by atoms with Crippen molar-refractivity contribution in [3.05, 3.63) is 23.9 Å². The summed E-state index contributed by atoms with van der Waals surface area (Å²) in [5.74, 6) is -0.444. The van der Waals surface area contributed by atoms with E-state index in [2.05, 4.69) is 4.98 Å². The van der Waals surface area contributed by atoms with E-state index in [1.807, 2.05) is 6.92 Å². The number of carboxylic acid groups (broad SMARTS) is 1. The second-order valence-corrected chi connectivity index (χ2v) is 4.01. The zero-order valence-electron chi connectivity index (χ0n) is 10.8. The van der Waals surface area contributed by atoms with Gasteiger partial charge in [-0.3, -0.25) is 4.79 Å². The second-order valence-electron chi connectivity index (χ2n) is 4.01. The van der Waals surface area contributed by atoms with Crippen molar-refractivity contribution in [3.8, 4) is 0 Å². The third-order valence-electron chi connectivity index (χ3n) is 2.53. The topological polar surface area (TPSA) is 73.7 Å². The minimum Gasteiger partial charge on any atom is -0.478 e. The fourth-order valence-corrected chi connectivity index (χ4v) is 1.36. The summed E-state index contributed by atoms with van der Waals surface area (Å²) in [4.78, 5) is 29.7. The minimum absolute atomic E-state index is 0.0269. The molecule has 18 heavy (non-hydrogen) atoms. The number of carbonyl (C=O) groups is 2. The summed E-state index contributed by atoms with van der Waals surface area (Å²) in [5.41, 5.74) is 0.133. The SMILES string of the molecule is CCN(CC(=O)N(C)C)c1ccc(C(=O)O)cn1. The Hall–Kier alpha value is -2.11. The molecule has 1 heterocycles. The number of likely N-dealkylation sites (N-methyl/N-ethyl adjacent to an activating group) is 2. The molecule has 0 radical (unpaired) electrons. The molecule has 1 aromatic rings. The van der Waals surface area contributed by atoms with Crippen molar-refractivity contribution in [2.24, 2.45) is 0 Å². The van der Waals surface area contributed by atoms with E-state index in [1.54, 1.807) is 25.1 Å². The van der Waals surface area contributed by atoms with E-state index in [-0.39, 0.29) is 18.0 Å². The second kappa shape index (κ2) is 6.00. The summed E-state index contributed by atoms with van der Waals surface area (Å²) in [5, 5.41) is 8.78. The summed E-state index contributed by atoms with van der Waals surface area (Å²) >= 11 is 0. The Balaban J connectivity index is 2.82. The van der Waals surface area contributed by atoms with Gasteiger partial charge in [-0.15, -0.1) is 0 Å². The average Bonchev–Trinajstić information content (AvgIpc) is 2.35. The number of hydrogen-bond acceptors (Lipinski definition) is 4. The van der Waals surface area contributed by atoms with Crippen LogP contribution in [0.4, 0.5) is 5.82 Å². The van der Waals surface area contributed by atoms with E-state index in [0.717, 1.165) is 0 Å². The minimum atomic E-state index is -1.01. The van der Waals surface area contributed by atoms with E-state index in [9.17, 15) is 9.59 Å². The number of carboxylic acids is 1. The maximum absolute atomic E-state index is 11.6. The lowest BCUT2D eigenvalue weighted by Gasteiger charge is -2.23. The normalized spacial score (nSPS) is 9.94. The molecule has 98 valence electrons. The quantitative estimate of drug-likeness (QED) is 0.833.